The lowest BCUT2D eigenvalue weighted by atomic mass is 10.1. The molecular formula is C11H16ClNO3. The van der Waals surface area contributed by atoms with Crippen LogP contribution in [-0.4, -0.2) is 28.8 Å². The minimum atomic E-state index is -0.857. The number of hydrogen-bond acceptors (Lipinski definition) is 3. The van der Waals surface area contributed by atoms with Crippen LogP contribution in [0, 0.1) is 0 Å². The van der Waals surface area contributed by atoms with Crippen molar-refractivity contribution in [3.05, 3.63) is 29.8 Å². The van der Waals surface area contributed by atoms with E-state index in [0.717, 1.165) is 5.56 Å². The summed E-state index contributed by atoms with van der Waals surface area (Å²) in [7, 11) is 0. The third-order valence-corrected chi connectivity index (χ3v) is 2.12. The predicted octanol–water partition coefficient (Wildman–Crippen LogP) is 1.42. The van der Waals surface area contributed by atoms with Crippen molar-refractivity contribution < 1.29 is 15.0 Å². The maximum atomic E-state index is 10.8. The first-order chi connectivity index (χ1) is 7.13. The van der Waals surface area contributed by atoms with Crippen LogP contribution in [0.1, 0.15) is 12.5 Å². The highest BCUT2D eigenvalue weighted by atomic mass is 35.5. The lowest BCUT2D eigenvalue weighted by Gasteiger charge is -2.12. The van der Waals surface area contributed by atoms with Crippen LogP contribution < -0.4 is 5.32 Å². The van der Waals surface area contributed by atoms with Gasteiger partial charge >= 0.3 is 5.97 Å². The van der Waals surface area contributed by atoms with Crippen LogP contribution in [0.4, 0.5) is 0 Å². The maximum Gasteiger partial charge on any atom is 0.321 e. The van der Waals surface area contributed by atoms with Crippen molar-refractivity contribution in [3.63, 3.8) is 0 Å². The molecule has 0 aliphatic heterocycles. The van der Waals surface area contributed by atoms with E-state index in [2.05, 4.69) is 5.32 Å². The monoisotopic (exact) mass is 245 g/mol. The van der Waals surface area contributed by atoms with Gasteiger partial charge in [-0.25, -0.2) is 0 Å². The summed E-state index contributed by atoms with van der Waals surface area (Å²) in [5.74, 6) is -0.668. The van der Waals surface area contributed by atoms with Gasteiger partial charge in [0.15, 0.2) is 0 Å². The summed E-state index contributed by atoms with van der Waals surface area (Å²) in [5, 5.41) is 20.9. The largest absolute Gasteiger partial charge is 0.508 e. The Hall–Kier alpha value is -1.26. The van der Waals surface area contributed by atoms with Crippen molar-refractivity contribution in [3.8, 4) is 5.75 Å². The molecule has 0 fully saturated rings. The number of carboxylic acids is 1. The number of aromatic hydroxyl groups is 1. The van der Waals surface area contributed by atoms with Gasteiger partial charge in [0.25, 0.3) is 0 Å². The molecule has 0 unspecified atom stereocenters. The van der Waals surface area contributed by atoms with Gasteiger partial charge in [0, 0.05) is 0 Å². The summed E-state index contributed by atoms with van der Waals surface area (Å²) in [4.78, 5) is 10.8. The first-order valence-electron chi connectivity index (χ1n) is 4.87. The zero-order chi connectivity index (χ0) is 11.3. The van der Waals surface area contributed by atoms with Crippen molar-refractivity contribution in [1.29, 1.82) is 0 Å². The summed E-state index contributed by atoms with van der Waals surface area (Å²) < 4.78 is 0. The van der Waals surface area contributed by atoms with Crippen LogP contribution >= 0.6 is 12.4 Å². The van der Waals surface area contributed by atoms with Gasteiger partial charge in [0.2, 0.25) is 0 Å². The Morgan fingerprint density at radius 2 is 1.94 bits per heavy atom. The smallest absolute Gasteiger partial charge is 0.321 e. The molecule has 1 rings (SSSR count). The summed E-state index contributed by atoms with van der Waals surface area (Å²) >= 11 is 0. The highest BCUT2D eigenvalue weighted by Crippen LogP contribution is 2.11. The molecule has 4 nitrogen and oxygen atoms in total. The van der Waals surface area contributed by atoms with E-state index in [1.165, 1.54) is 0 Å². The summed E-state index contributed by atoms with van der Waals surface area (Å²) in [6, 6.07) is 5.99. The van der Waals surface area contributed by atoms with Crippen molar-refractivity contribution in [2.75, 3.05) is 6.54 Å². The fourth-order valence-corrected chi connectivity index (χ4v) is 1.36. The molecule has 0 aromatic heterocycles. The summed E-state index contributed by atoms with van der Waals surface area (Å²) in [5.41, 5.74) is 0.890. The van der Waals surface area contributed by atoms with E-state index in [1.54, 1.807) is 24.3 Å². The van der Waals surface area contributed by atoms with Crippen LogP contribution in [0.15, 0.2) is 24.3 Å². The summed E-state index contributed by atoms with van der Waals surface area (Å²) in [6.45, 7) is 2.49. The molecule has 1 aromatic rings. The van der Waals surface area contributed by atoms with Gasteiger partial charge in [-0.15, -0.1) is 12.4 Å². The molecule has 1 atom stereocenters. The molecule has 3 N–H and O–H groups in total. The topological polar surface area (TPSA) is 69.6 Å². The molecule has 16 heavy (non-hydrogen) atoms. The van der Waals surface area contributed by atoms with Gasteiger partial charge in [-0.1, -0.05) is 19.1 Å². The van der Waals surface area contributed by atoms with E-state index < -0.39 is 12.0 Å². The number of benzene rings is 1. The fraction of sp³-hybridized carbons (Fsp3) is 0.364. The Morgan fingerprint density at radius 1 is 1.38 bits per heavy atom. The molecule has 0 bridgehead atoms. The van der Waals surface area contributed by atoms with Crippen molar-refractivity contribution >= 4 is 18.4 Å². The minimum absolute atomic E-state index is 0. The van der Waals surface area contributed by atoms with Crippen LogP contribution in [0.3, 0.4) is 0 Å². The number of carboxylic acid groups (broad SMARTS) is 1. The number of likely N-dealkylation sites (N-methyl/N-ethyl adjacent to an activating group) is 1. The molecule has 5 heteroatoms. The Morgan fingerprint density at radius 3 is 2.38 bits per heavy atom. The zero-order valence-electron chi connectivity index (χ0n) is 9.01. The second kappa shape index (κ2) is 7.09. The lowest BCUT2D eigenvalue weighted by molar-refractivity contribution is -0.139. The molecule has 0 saturated heterocycles. The normalized spacial score (nSPS) is 11.6. The Bertz CT molecular complexity index is 327. The van der Waals surface area contributed by atoms with Crippen LogP contribution in [-0.2, 0) is 11.2 Å². The van der Waals surface area contributed by atoms with Gasteiger partial charge in [-0.05, 0) is 30.7 Å². The maximum absolute atomic E-state index is 10.8. The van der Waals surface area contributed by atoms with Crippen molar-refractivity contribution in [2.45, 2.75) is 19.4 Å². The summed E-state index contributed by atoms with van der Waals surface area (Å²) in [6.07, 6.45) is 0.420. The minimum Gasteiger partial charge on any atom is -0.508 e. The van der Waals surface area contributed by atoms with Crippen LogP contribution in [0.25, 0.3) is 0 Å². The first-order valence-corrected chi connectivity index (χ1v) is 4.87. The number of carbonyl (C=O) groups is 1. The molecule has 0 aliphatic rings. The number of hydrogen-bond donors (Lipinski definition) is 3. The molecule has 90 valence electrons. The zero-order valence-corrected chi connectivity index (χ0v) is 9.83. The molecular weight excluding hydrogens is 230 g/mol. The Labute approximate surface area is 101 Å². The Kier molecular flexibility index (Phi) is 6.53. The Balaban J connectivity index is 0.00000225. The first kappa shape index (κ1) is 14.7. The number of phenolic OH excluding ortho intramolecular Hbond substituents is 1. The molecule has 0 spiro atoms. The number of nitrogens with one attached hydrogen (secondary N) is 1. The van der Waals surface area contributed by atoms with Gasteiger partial charge in [0.1, 0.15) is 11.8 Å². The number of aliphatic carboxylic acids is 1. The molecule has 0 saturated carbocycles. The average molecular weight is 246 g/mol. The predicted molar refractivity (Wildman–Crippen MR) is 64.2 cm³/mol. The van der Waals surface area contributed by atoms with Crippen molar-refractivity contribution in [1.82, 2.24) is 5.32 Å². The van der Waals surface area contributed by atoms with E-state index in [0.29, 0.717) is 13.0 Å². The molecule has 0 aliphatic carbocycles. The van der Waals surface area contributed by atoms with Crippen LogP contribution in [0.5, 0.6) is 5.75 Å². The molecule has 1 aromatic carbocycles. The van der Waals surface area contributed by atoms with Crippen LogP contribution in [0.2, 0.25) is 0 Å². The molecule has 0 amide bonds. The van der Waals surface area contributed by atoms with Gasteiger partial charge in [-0.2, -0.15) is 0 Å². The SMILES string of the molecule is CCN[C@H](Cc1ccc(O)cc1)C(=O)O.Cl. The molecule has 0 radical (unpaired) electrons. The average Bonchev–Trinajstić information content (AvgIpc) is 2.20. The molecule has 0 heterocycles. The second-order valence-electron chi connectivity index (χ2n) is 3.32. The van der Waals surface area contributed by atoms with Gasteiger partial charge in [-0.3, -0.25) is 4.79 Å². The fourth-order valence-electron chi connectivity index (χ4n) is 1.36. The highest BCUT2D eigenvalue weighted by molar-refractivity contribution is 5.85. The third kappa shape index (κ3) is 4.51. The highest BCUT2D eigenvalue weighted by Gasteiger charge is 2.15. The number of rotatable bonds is 5. The van der Waals surface area contributed by atoms with E-state index in [-0.39, 0.29) is 18.2 Å². The van der Waals surface area contributed by atoms with E-state index >= 15 is 0 Å². The van der Waals surface area contributed by atoms with Gasteiger partial charge < -0.3 is 15.5 Å². The quantitative estimate of drug-likeness (QED) is 0.734. The van der Waals surface area contributed by atoms with E-state index in [1.807, 2.05) is 6.92 Å². The number of halogens is 1. The van der Waals surface area contributed by atoms with E-state index in [4.69, 9.17) is 10.2 Å². The second-order valence-corrected chi connectivity index (χ2v) is 3.32. The lowest BCUT2D eigenvalue weighted by Crippen LogP contribution is -2.38. The number of phenols is 1. The van der Waals surface area contributed by atoms with Crippen molar-refractivity contribution in [2.24, 2.45) is 0 Å². The third-order valence-electron chi connectivity index (χ3n) is 2.12. The standard InChI is InChI=1S/C11H15NO3.ClH/c1-2-12-10(11(14)15)7-8-3-5-9(13)6-4-8;/h3-6,10,12-13H,2,7H2,1H3,(H,14,15);1H/t10-;/m1./s1. The van der Waals surface area contributed by atoms with Gasteiger partial charge in [0.05, 0.1) is 0 Å². The van der Waals surface area contributed by atoms with E-state index in [9.17, 15) is 4.79 Å².